The molecule has 6 radical (unpaired) electrons. The van der Waals surface area contributed by atoms with E-state index < -0.39 is 0 Å². The van der Waals surface area contributed by atoms with Gasteiger partial charge in [0.05, 0.1) is 17.1 Å². The lowest BCUT2D eigenvalue weighted by atomic mass is 9.67. The minimum absolute atomic E-state index is 0.145. The number of rotatable bonds is 5. The van der Waals surface area contributed by atoms with Crippen LogP contribution in [0.4, 0.5) is 17.1 Å². The molecule has 11 rings (SSSR count). The smallest absolute Gasteiger partial charge is 0.132 e. The average molecular weight is 759 g/mol. The fraction of sp³-hybridized carbons (Fsp3) is 0.0545. The molecule has 0 heterocycles. The normalized spacial score (nSPS) is 12.9. The van der Waals surface area contributed by atoms with E-state index in [1.807, 2.05) is 30.3 Å². The monoisotopic (exact) mass is 759 g/mol. The number of benzene rings is 10. The van der Waals surface area contributed by atoms with E-state index in [1.165, 1.54) is 11.1 Å². The largest absolute Gasteiger partial charge is 0.506 e. The Morgan fingerprint density at radius 3 is 1.65 bits per heavy atom. The maximum absolute atomic E-state index is 13.0. The highest BCUT2D eigenvalue weighted by Crippen LogP contribution is 2.55. The van der Waals surface area contributed by atoms with E-state index in [2.05, 4.69) is 164 Å². The van der Waals surface area contributed by atoms with Gasteiger partial charge in [-0.15, -0.1) is 0 Å². The Bertz CT molecular complexity index is 3380. The van der Waals surface area contributed by atoms with E-state index in [9.17, 15) is 5.11 Å². The minimum Gasteiger partial charge on any atom is -0.506 e. The first-order valence-electron chi connectivity index (χ1n) is 20.4. The molecule has 1 aliphatic rings. The first-order chi connectivity index (χ1) is 29.3. The fourth-order valence-electron chi connectivity index (χ4n) is 10.1. The summed E-state index contributed by atoms with van der Waals surface area (Å²) in [5.41, 5.74) is 10.3. The molecular formula is C55H36B3NO. The van der Waals surface area contributed by atoms with Crippen LogP contribution in [0.25, 0.3) is 76.5 Å². The Hall–Kier alpha value is -6.97. The van der Waals surface area contributed by atoms with E-state index in [0.717, 1.165) is 82.3 Å². The van der Waals surface area contributed by atoms with Crippen LogP contribution in [0.5, 0.6) is 5.75 Å². The molecule has 60 heavy (non-hydrogen) atoms. The summed E-state index contributed by atoms with van der Waals surface area (Å²) in [5.74, 6) is -0.145. The number of hydrogen-bond acceptors (Lipinski definition) is 2. The molecule has 0 aromatic heterocycles. The third-order valence-corrected chi connectivity index (χ3v) is 12.8. The van der Waals surface area contributed by atoms with Crippen molar-refractivity contribution >= 4 is 100 Å². The van der Waals surface area contributed by atoms with Crippen molar-refractivity contribution in [2.75, 3.05) is 4.90 Å². The second kappa shape index (κ2) is 13.5. The molecule has 0 amide bonds. The molecule has 0 saturated carbocycles. The van der Waals surface area contributed by atoms with Gasteiger partial charge in [-0.2, -0.15) is 0 Å². The van der Waals surface area contributed by atoms with Crippen LogP contribution >= 0.6 is 0 Å². The summed E-state index contributed by atoms with van der Waals surface area (Å²) in [7, 11) is 22.3. The van der Waals surface area contributed by atoms with Gasteiger partial charge >= 0.3 is 0 Å². The van der Waals surface area contributed by atoms with Gasteiger partial charge in [0.15, 0.2) is 0 Å². The van der Waals surface area contributed by atoms with Crippen molar-refractivity contribution in [2.45, 2.75) is 19.3 Å². The summed E-state index contributed by atoms with van der Waals surface area (Å²) in [6.07, 6.45) is 0. The van der Waals surface area contributed by atoms with Crippen molar-refractivity contribution in [1.29, 1.82) is 0 Å². The van der Waals surface area contributed by atoms with Crippen molar-refractivity contribution in [3.05, 3.63) is 187 Å². The van der Waals surface area contributed by atoms with E-state index in [0.29, 0.717) is 16.7 Å². The zero-order chi connectivity index (χ0) is 40.9. The lowest BCUT2D eigenvalue weighted by Gasteiger charge is -2.34. The summed E-state index contributed by atoms with van der Waals surface area (Å²) in [4.78, 5) is 2.10. The standard InChI is InChI=1S/C55H36B3NO/c1-55(2)42-28-15-14-27-41(42)47-43(55)29-16-30-44(47)59(45-31-33-19-6-7-20-34(33)35-21-8-11-24-38(35)45)53-52(58)50(56)49(51(57)54(53)60)48-40-26-13-10-23-37(40)36-22-9-12-25-39(36)46(48)32-17-4-3-5-18-32/h3-31,60H,1-2H3. The molecule has 0 bridgehead atoms. The van der Waals surface area contributed by atoms with Gasteiger partial charge in [-0.3, -0.25) is 0 Å². The van der Waals surface area contributed by atoms with E-state index in [4.69, 9.17) is 23.5 Å². The molecule has 10 aromatic carbocycles. The first kappa shape index (κ1) is 36.1. The number of fused-ring (bicyclic) bond motifs is 9. The molecule has 0 saturated heterocycles. The van der Waals surface area contributed by atoms with Crippen LogP contribution in [0.3, 0.4) is 0 Å². The van der Waals surface area contributed by atoms with Crippen LogP contribution in [-0.2, 0) is 5.41 Å². The van der Waals surface area contributed by atoms with Gasteiger partial charge in [-0.1, -0.05) is 189 Å². The van der Waals surface area contributed by atoms with Crippen molar-refractivity contribution in [1.82, 2.24) is 0 Å². The molecule has 0 atom stereocenters. The molecule has 0 unspecified atom stereocenters. The SMILES string of the molecule is [B]c1c([B])c(N(c2cccc3c2-c2ccccc2C3(C)C)c2cc3ccccc3c3ccccc23)c(O)c([B])c1-c1c(-c2ccccc2)c2ccccc2c2ccccc12. The highest BCUT2D eigenvalue weighted by atomic mass is 16.3. The fourth-order valence-corrected chi connectivity index (χ4v) is 10.1. The van der Waals surface area contributed by atoms with Crippen LogP contribution in [0.15, 0.2) is 176 Å². The zero-order valence-electron chi connectivity index (χ0n) is 33.4. The molecule has 5 heteroatoms. The predicted octanol–water partition coefficient (Wildman–Crippen LogP) is 11.5. The number of nitrogens with zero attached hydrogens (tertiary/aromatic N) is 1. The van der Waals surface area contributed by atoms with Gasteiger partial charge in [0.25, 0.3) is 0 Å². The van der Waals surface area contributed by atoms with Crippen molar-refractivity contribution in [2.24, 2.45) is 0 Å². The number of aromatic hydroxyl groups is 1. The van der Waals surface area contributed by atoms with Crippen molar-refractivity contribution in [3.8, 4) is 39.1 Å². The Balaban J connectivity index is 1.28. The van der Waals surface area contributed by atoms with Crippen molar-refractivity contribution in [3.63, 3.8) is 0 Å². The molecule has 1 aliphatic carbocycles. The summed E-state index contributed by atoms with van der Waals surface area (Å²) < 4.78 is 0. The third kappa shape index (κ3) is 5.12. The van der Waals surface area contributed by atoms with Crippen LogP contribution < -0.4 is 21.3 Å². The Kier molecular flexibility index (Phi) is 8.16. The second-order valence-electron chi connectivity index (χ2n) is 16.4. The second-order valence-corrected chi connectivity index (χ2v) is 16.4. The third-order valence-electron chi connectivity index (χ3n) is 12.8. The van der Waals surface area contributed by atoms with Gasteiger partial charge in [0, 0.05) is 16.4 Å². The van der Waals surface area contributed by atoms with Gasteiger partial charge in [-0.25, -0.2) is 0 Å². The number of phenolic OH excluding ortho intramolecular Hbond substituents is 1. The average Bonchev–Trinajstić information content (AvgIpc) is 3.53. The molecule has 276 valence electrons. The summed E-state index contributed by atoms with van der Waals surface area (Å²) in [5, 5.41) is 21.4. The molecule has 0 spiro atoms. The quantitative estimate of drug-likeness (QED) is 0.140. The zero-order valence-corrected chi connectivity index (χ0v) is 33.4. The van der Waals surface area contributed by atoms with Gasteiger partial charge in [-0.05, 0) is 94.2 Å². The van der Waals surface area contributed by atoms with Crippen LogP contribution in [-0.4, -0.2) is 28.6 Å². The highest BCUT2D eigenvalue weighted by Gasteiger charge is 2.39. The molecule has 10 aromatic rings. The molecule has 1 N–H and O–H groups in total. The van der Waals surface area contributed by atoms with Gasteiger partial charge < -0.3 is 10.0 Å². The van der Waals surface area contributed by atoms with Gasteiger partial charge in [0.1, 0.15) is 29.3 Å². The first-order valence-corrected chi connectivity index (χ1v) is 20.4. The highest BCUT2D eigenvalue weighted by molar-refractivity contribution is 6.58. The molecule has 2 nitrogen and oxygen atoms in total. The van der Waals surface area contributed by atoms with Crippen molar-refractivity contribution < 1.29 is 5.11 Å². The minimum atomic E-state index is -0.278. The predicted molar refractivity (Wildman–Crippen MR) is 257 cm³/mol. The number of anilines is 3. The van der Waals surface area contributed by atoms with E-state index >= 15 is 0 Å². The topological polar surface area (TPSA) is 23.5 Å². The van der Waals surface area contributed by atoms with Gasteiger partial charge in [0.2, 0.25) is 0 Å². The lowest BCUT2D eigenvalue weighted by molar-refractivity contribution is 0.481. The van der Waals surface area contributed by atoms with Crippen LogP contribution in [0, 0.1) is 0 Å². The lowest BCUT2D eigenvalue weighted by Crippen LogP contribution is -2.38. The summed E-state index contributed by atoms with van der Waals surface area (Å²) >= 11 is 0. The van der Waals surface area contributed by atoms with Crippen LogP contribution in [0.1, 0.15) is 25.0 Å². The Labute approximate surface area is 354 Å². The molecule has 0 aliphatic heterocycles. The number of phenols is 1. The molecular weight excluding hydrogens is 723 g/mol. The molecule has 0 fully saturated rings. The van der Waals surface area contributed by atoms with Crippen LogP contribution in [0.2, 0.25) is 0 Å². The van der Waals surface area contributed by atoms with E-state index in [1.54, 1.807) is 0 Å². The van der Waals surface area contributed by atoms with E-state index in [-0.39, 0.29) is 22.1 Å². The Morgan fingerprint density at radius 1 is 0.417 bits per heavy atom. The maximum atomic E-state index is 13.0. The maximum Gasteiger partial charge on any atom is 0.132 e. The summed E-state index contributed by atoms with van der Waals surface area (Å²) in [6, 6.07) is 61.0. The number of hydrogen-bond donors (Lipinski definition) is 1. The Morgan fingerprint density at radius 2 is 0.950 bits per heavy atom. The summed E-state index contributed by atoms with van der Waals surface area (Å²) in [6.45, 7) is 4.54.